The molecule has 0 radical (unpaired) electrons. The summed E-state index contributed by atoms with van der Waals surface area (Å²) in [7, 11) is -3.48. The third-order valence-electron chi connectivity index (χ3n) is 6.35. The second kappa shape index (κ2) is 10.8. The molecule has 1 aliphatic carbocycles. The van der Waals surface area contributed by atoms with Gasteiger partial charge in [0, 0.05) is 30.2 Å². The van der Waals surface area contributed by atoms with Gasteiger partial charge in [0.2, 0.25) is 5.91 Å². The van der Waals surface area contributed by atoms with E-state index < -0.39 is 9.84 Å². The first kappa shape index (κ1) is 25.4. The number of sulfone groups is 1. The molecule has 2 amide bonds. The van der Waals surface area contributed by atoms with E-state index in [0.717, 1.165) is 31.9 Å². The van der Waals surface area contributed by atoms with Gasteiger partial charge in [0.25, 0.3) is 0 Å². The number of alkyl carbamates (subject to hydrolysis) is 1. The maximum Gasteiger partial charge on any atom is 0.407 e. The topological polar surface area (TPSA) is 139 Å². The molecule has 1 saturated heterocycles. The van der Waals surface area contributed by atoms with Crippen LogP contribution < -0.4 is 21.5 Å². The highest BCUT2D eigenvalue weighted by Gasteiger charge is 2.37. The van der Waals surface area contributed by atoms with Crippen molar-refractivity contribution in [2.24, 2.45) is 5.92 Å². The molecule has 0 spiro atoms. The van der Waals surface area contributed by atoms with Crippen molar-refractivity contribution in [3.05, 3.63) is 23.5 Å². The molecule has 0 aromatic carbocycles. The maximum absolute atomic E-state index is 12.6. The fraction of sp³-hybridized carbons (Fsp3) is 0.682. The van der Waals surface area contributed by atoms with Crippen LogP contribution in [0.15, 0.2) is 17.2 Å². The van der Waals surface area contributed by atoms with Gasteiger partial charge < -0.3 is 15.4 Å². The average Bonchev–Trinajstić information content (AvgIpc) is 3.36. The molecule has 1 saturated carbocycles. The van der Waals surface area contributed by atoms with Crippen molar-refractivity contribution in [1.82, 2.24) is 26.5 Å². The number of pyridine rings is 1. The lowest BCUT2D eigenvalue weighted by Gasteiger charge is -2.19. The minimum absolute atomic E-state index is 0.0424. The minimum atomic E-state index is -3.48. The summed E-state index contributed by atoms with van der Waals surface area (Å²) in [6.07, 6.45) is 5.73. The number of aromatic nitrogens is 1. The first-order valence-corrected chi connectivity index (χ1v) is 13.4. The van der Waals surface area contributed by atoms with Crippen molar-refractivity contribution >= 4 is 21.8 Å². The predicted octanol–water partition coefficient (Wildman–Crippen LogP) is 1.34. The normalized spacial score (nSPS) is 26.1. The van der Waals surface area contributed by atoms with Gasteiger partial charge in [-0.25, -0.2) is 18.6 Å². The van der Waals surface area contributed by atoms with Crippen LogP contribution in [0.25, 0.3) is 0 Å². The van der Waals surface area contributed by atoms with E-state index in [1.54, 1.807) is 13.0 Å². The van der Waals surface area contributed by atoms with Crippen LogP contribution in [0, 0.1) is 12.8 Å². The van der Waals surface area contributed by atoms with Gasteiger partial charge in [-0.2, -0.15) is 0 Å². The highest BCUT2D eigenvalue weighted by molar-refractivity contribution is 7.90. The Balaban J connectivity index is 1.48. The Hall–Kier alpha value is -2.24. The highest BCUT2D eigenvalue weighted by atomic mass is 32.2. The molecule has 1 aromatic rings. The Morgan fingerprint density at radius 3 is 2.73 bits per heavy atom. The number of amides is 2. The number of hydrogen-bond donors (Lipinski definition) is 4. The minimum Gasteiger partial charge on any atom is -0.446 e. The van der Waals surface area contributed by atoms with Crippen molar-refractivity contribution in [2.75, 3.05) is 6.26 Å². The Morgan fingerprint density at radius 2 is 2.03 bits per heavy atom. The first-order valence-electron chi connectivity index (χ1n) is 11.5. The van der Waals surface area contributed by atoms with E-state index in [9.17, 15) is 18.0 Å². The predicted molar refractivity (Wildman–Crippen MR) is 123 cm³/mol. The van der Waals surface area contributed by atoms with Crippen LogP contribution >= 0.6 is 0 Å². The molecule has 1 aliphatic heterocycles. The number of nitrogens with zero attached hydrogens (tertiary/aromatic N) is 1. The molecule has 2 unspecified atom stereocenters. The molecule has 33 heavy (non-hydrogen) atoms. The Bertz CT molecular complexity index is 970. The number of rotatable bonds is 8. The fourth-order valence-corrected chi connectivity index (χ4v) is 5.26. The van der Waals surface area contributed by atoms with Crippen molar-refractivity contribution in [3.8, 4) is 0 Å². The molecule has 5 atom stereocenters. The lowest BCUT2D eigenvalue weighted by Crippen LogP contribution is -2.45. The number of nitrogens with one attached hydrogen (secondary N) is 4. The number of carbonyl (C=O) groups excluding carboxylic acids is 2. The van der Waals surface area contributed by atoms with Crippen LogP contribution in [-0.2, 0) is 25.8 Å². The summed E-state index contributed by atoms with van der Waals surface area (Å²) >= 11 is 0. The third-order valence-corrected chi connectivity index (χ3v) is 7.51. The van der Waals surface area contributed by atoms with E-state index in [4.69, 9.17) is 4.74 Å². The molecular formula is C22H35N5O5S. The summed E-state index contributed by atoms with van der Waals surface area (Å²) in [5.41, 5.74) is 7.46. The van der Waals surface area contributed by atoms with E-state index in [2.05, 4.69) is 26.5 Å². The Labute approximate surface area is 195 Å². The van der Waals surface area contributed by atoms with E-state index in [1.807, 2.05) is 13.8 Å². The standard InChI is InChI=1S/C22H35N5O5S/c1-5-13(2)24-22(29)32-17-7-6-15(9-17)18-11-20(27-26-18)25-21(28)10-16-8-14(3)23-12-19(16)33(4,30)31/h8,12-13,15,17-18,20,26-27H,5-7,9-11H2,1-4H3,(H,24,29)(H,25,28)/t13-,15-,17+,18?,20?/m0/s1. The zero-order chi connectivity index (χ0) is 24.2. The molecule has 10 nitrogen and oxygen atoms in total. The number of carbonyl (C=O) groups is 2. The summed E-state index contributed by atoms with van der Waals surface area (Å²) in [6.45, 7) is 5.71. The van der Waals surface area contributed by atoms with Gasteiger partial charge in [-0.3, -0.25) is 15.2 Å². The van der Waals surface area contributed by atoms with Crippen LogP contribution in [0.2, 0.25) is 0 Å². The molecule has 2 fully saturated rings. The Morgan fingerprint density at radius 1 is 1.27 bits per heavy atom. The monoisotopic (exact) mass is 481 g/mol. The van der Waals surface area contributed by atoms with Gasteiger partial charge in [0.15, 0.2) is 9.84 Å². The van der Waals surface area contributed by atoms with E-state index in [0.29, 0.717) is 23.6 Å². The third kappa shape index (κ3) is 7.12. The van der Waals surface area contributed by atoms with Crippen LogP contribution in [0.1, 0.15) is 57.2 Å². The van der Waals surface area contributed by atoms with E-state index in [-0.39, 0.29) is 47.7 Å². The van der Waals surface area contributed by atoms with Crippen molar-refractivity contribution in [2.45, 2.75) is 88.5 Å². The molecule has 1 aromatic heterocycles. The van der Waals surface area contributed by atoms with Gasteiger partial charge in [0.1, 0.15) is 6.10 Å². The van der Waals surface area contributed by atoms with Crippen LogP contribution in [-0.4, -0.2) is 56.0 Å². The second-order valence-corrected chi connectivity index (χ2v) is 11.2. The van der Waals surface area contributed by atoms with Gasteiger partial charge in [-0.15, -0.1) is 0 Å². The lowest BCUT2D eigenvalue weighted by molar-refractivity contribution is -0.121. The van der Waals surface area contributed by atoms with E-state index in [1.165, 1.54) is 6.20 Å². The maximum atomic E-state index is 12.6. The molecule has 2 heterocycles. The van der Waals surface area contributed by atoms with Crippen LogP contribution in [0.4, 0.5) is 4.79 Å². The molecule has 184 valence electrons. The Kier molecular flexibility index (Phi) is 8.30. The van der Waals surface area contributed by atoms with Crippen molar-refractivity contribution in [3.63, 3.8) is 0 Å². The molecular weight excluding hydrogens is 446 g/mol. The smallest absolute Gasteiger partial charge is 0.407 e. The second-order valence-electron chi connectivity index (χ2n) is 9.19. The number of hydrazine groups is 1. The summed E-state index contributed by atoms with van der Waals surface area (Å²) in [4.78, 5) is 28.7. The summed E-state index contributed by atoms with van der Waals surface area (Å²) < 4.78 is 29.6. The van der Waals surface area contributed by atoms with Gasteiger partial charge >= 0.3 is 6.09 Å². The zero-order valence-corrected chi connectivity index (χ0v) is 20.5. The lowest BCUT2D eigenvalue weighted by atomic mass is 9.96. The number of hydrogen-bond acceptors (Lipinski definition) is 8. The zero-order valence-electron chi connectivity index (χ0n) is 19.7. The molecule has 0 bridgehead atoms. The highest BCUT2D eigenvalue weighted by Crippen LogP contribution is 2.33. The molecule has 4 N–H and O–H groups in total. The summed E-state index contributed by atoms with van der Waals surface area (Å²) in [6, 6.07) is 1.87. The number of ether oxygens (including phenoxy) is 1. The average molecular weight is 482 g/mol. The fourth-order valence-electron chi connectivity index (χ4n) is 4.41. The van der Waals surface area contributed by atoms with Gasteiger partial charge in [0.05, 0.1) is 17.5 Å². The van der Waals surface area contributed by atoms with Gasteiger partial charge in [-0.1, -0.05) is 6.92 Å². The summed E-state index contributed by atoms with van der Waals surface area (Å²) in [5, 5.41) is 5.76. The SMILES string of the molecule is CC[C@H](C)NC(=O)O[C@@H]1CC[C@H](C2CC(NC(=O)Cc3cc(C)ncc3S(C)(=O)=O)NN2)C1. The molecule has 2 aliphatic rings. The molecule has 3 rings (SSSR count). The van der Waals surface area contributed by atoms with Crippen LogP contribution in [0.3, 0.4) is 0 Å². The van der Waals surface area contributed by atoms with E-state index >= 15 is 0 Å². The van der Waals surface area contributed by atoms with Crippen molar-refractivity contribution in [1.29, 1.82) is 0 Å². The molecule has 11 heteroatoms. The first-order chi connectivity index (χ1) is 15.5. The quantitative estimate of drug-likeness (QED) is 0.436. The van der Waals surface area contributed by atoms with Crippen LogP contribution in [0.5, 0.6) is 0 Å². The van der Waals surface area contributed by atoms with Gasteiger partial charge in [-0.05, 0) is 63.5 Å². The van der Waals surface area contributed by atoms with Crippen molar-refractivity contribution < 1.29 is 22.7 Å². The number of aryl methyl sites for hydroxylation is 1. The summed E-state index contributed by atoms with van der Waals surface area (Å²) in [5.74, 6) is 0.0697. The largest absolute Gasteiger partial charge is 0.446 e.